The van der Waals surface area contributed by atoms with Gasteiger partial charge in [0.05, 0.1) is 5.69 Å². The highest BCUT2D eigenvalue weighted by Gasteiger charge is 2.04. The maximum absolute atomic E-state index is 5.51. The van der Waals surface area contributed by atoms with Crippen LogP contribution in [0.1, 0.15) is 37.4 Å². The molecule has 3 N–H and O–H groups in total. The predicted octanol–water partition coefficient (Wildman–Crippen LogP) is 2.13. The zero-order chi connectivity index (χ0) is 11.1. The van der Waals surface area contributed by atoms with Crippen molar-refractivity contribution in [3.05, 3.63) is 16.1 Å². The van der Waals surface area contributed by atoms with Crippen molar-refractivity contribution in [3.63, 3.8) is 0 Å². The molecule has 0 saturated carbocycles. The van der Waals surface area contributed by atoms with E-state index in [1.165, 1.54) is 12.8 Å². The molecule has 1 aromatic rings. The van der Waals surface area contributed by atoms with Crippen molar-refractivity contribution in [2.45, 2.75) is 39.8 Å². The second-order valence-electron chi connectivity index (χ2n) is 3.75. The lowest BCUT2D eigenvalue weighted by atomic mass is 10.0. The number of nitrogens with two attached hydrogens (primary N) is 1. The molecular formula is C11H21N3S. The number of nitrogens with zero attached hydrogens (tertiary/aromatic N) is 1. The van der Waals surface area contributed by atoms with Crippen molar-refractivity contribution in [1.82, 2.24) is 10.3 Å². The maximum Gasteiger partial charge on any atom is 0.106 e. The van der Waals surface area contributed by atoms with Crippen LogP contribution < -0.4 is 11.1 Å². The molecule has 0 aliphatic heterocycles. The van der Waals surface area contributed by atoms with Gasteiger partial charge < -0.3 is 11.1 Å². The van der Waals surface area contributed by atoms with Crippen LogP contribution in [0.15, 0.2) is 5.38 Å². The molecule has 1 rings (SSSR count). The van der Waals surface area contributed by atoms with Crippen LogP contribution in [0.25, 0.3) is 0 Å². The van der Waals surface area contributed by atoms with Gasteiger partial charge in [-0.25, -0.2) is 4.98 Å². The number of thiazole rings is 1. The minimum atomic E-state index is 0.553. The molecule has 1 heterocycles. The van der Waals surface area contributed by atoms with Crippen LogP contribution in [-0.4, -0.2) is 11.5 Å². The summed E-state index contributed by atoms with van der Waals surface area (Å²) in [6.45, 7) is 6.99. The Balaban J connectivity index is 2.25. The number of nitrogens with one attached hydrogen (secondary N) is 1. The summed E-state index contributed by atoms with van der Waals surface area (Å²) in [7, 11) is 0. The van der Waals surface area contributed by atoms with Gasteiger partial charge in [0.2, 0.25) is 0 Å². The van der Waals surface area contributed by atoms with Crippen LogP contribution in [-0.2, 0) is 13.1 Å². The minimum Gasteiger partial charge on any atom is -0.325 e. The van der Waals surface area contributed by atoms with E-state index in [1.807, 2.05) is 0 Å². The molecule has 3 nitrogen and oxygen atoms in total. The molecule has 0 unspecified atom stereocenters. The second-order valence-corrected chi connectivity index (χ2v) is 4.69. The maximum atomic E-state index is 5.51. The fourth-order valence-electron chi connectivity index (χ4n) is 1.51. The van der Waals surface area contributed by atoms with E-state index in [4.69, 9.17) is 5.73 Å². The first-order valence-electron chi connectivity index (χ1n) is 5.64. The van der Waals surface area contributed by atoms with E-state index in [-0.39, 0.29) is 0 Å². The molecular weight excluding hydrogens is 206 g/mol. The molecule has 0 aliphatic carbocycles. The lowest BCUT2D eigenvalue weighted by molar-refractivity contribution is 0.448. The van der Waals surface area contributed by atoms with Crippen LogP contribution in [0, 0.1) is 5.92 Å². The SMILES string of the molecule is CCC(CC)CNCc1csc(CN)n1. The second kappa shape index (κ2) is 6.93. The molecule has 0 bridgehead atoms. The highest BCUT2D eigenvalue weighted by atomic mass is 32.1. The molecule has 4 heteroatoms. The van der Waals surface area contributed by atoms with Gasteiger partial charge in [-0.3, -0.25) is 0 Å². The highest BCUT2D eigenvalue weighted by molar-refractivity contribution is 7.09. The van der Waals surface area contributed by atoms with E-state index in [1.54, 1.807) is 11.3 Å². The van der Waals surface area contributed by atoms with E-state index < -0.39 is 0 Å². The quantitative estimate of drug-likeness (QED) is 0.750. The first kappa shape index (κ1) is 12.6. The molecule has 15 heavy (non-hydrogen) atoms. The zero-order valence-electron chi connectivity index (χ0n) is 9.62. The van der Waals surface area contributed by atoms with Crippen molar-refractivity contribution in [2.24, 2.45) is 11.7 Å². The van der Waals surface area contributed by atoms with Crippen molar-refractivity contribution < 1.29 is 0 Å². The van der Waals surface area contributed by atoms with Gasteiger partial charge in [0, 0.05) is 18.5 Å². The van der Waals surface area contributed by atoms with Gasteiger partial charge in [-0.05, 0) is 12.5 Å². The highest BCUT2D eigenvalue weighted by Crippen LogP contribution is 2.09. The Morgan fingerprint density at radius 2 is 2.20 bits per heavy atom. The van der Waals surface area contributed by atoms with Crippen molar-refractivity contribution in [2.75, 3.05) is 6.54 Å². The normalized spacial score (nSPS) is 11.2. The topological polar surface area (TPSA) is 50.9 Å². The van der Waals surface area contributed by atoms with Gasteiger partial charge in [-0.2, -0.15) is 0 Å². The van der Waals surface area contributed by atoms with Crippen molar-refractivity contribution in [1.29, 1.82) is 0 Å². The van der Waals surface area contributed by atoms with Crippen LogP contribution in [0.3, 0.4) is 0 Å². The summed E-state index contributed by atoms with van der Waals surface area (Å²) in [6.07, 6.45) is 2.49. The molecule has 0 amide bonds. The van der Waals surface area contributed by atoms with Gasteiger partial charge in [-0.1, -0.05) is 26.7 Å². The van der Waals surface area contributed by atoms with Gasteiger partial charge in [0.15, 0.2) is 0 Å². The lowest BCUT2D eigenvalue weighted by Crippen LogP contribution is -2.21. The number of hydrogen-bond donors (Lipinski definition) is 2. The third-order valence-electron chi connectivity index (χ3n) is 2.67. The van der Waals surface area contributed by atoms with Crippen molar-refractivity contribution >= 4 is 11.3 Å². The molecule has 0 aliphatic rings. The summed E-state index contributed by atoms with van der Waals surface area (Å²) in [4.78, 5) is 4.41. The van der Waals surface area contributed by atoms with Gasteiger partial charge in [0.1, 0.15) is 5.01 Å². The average molecular weight is 227 g/mol. The molecule has 86 valence electrons. The number of hydrogen-bond acceptors (Lipinski definition) is 4. The first-order valence-corrected chi connectivity index (χ1v) is 6.52. The molecule has 0 atom stereocenters. The molecule has 0 spiro atoms. The number of aromatic nitrogens is 1. The third-order valence-corrected chi connectivity index (χ3v) is 3.59. The fourth-order valence-corrected chi connectivity index (χ4v) is 2.18. The largest absolute Gasteiger partial charge is 0.325 e. The van der Waals surface area contributed by atoms with Crippen LogP contribution in [0.5, 0.6) is 0 Å². The molecule has 1 aromatic heterocycles. The Morgan fingerprint density at radius 3 is 2.73 bits per heavy atom. The monoisotopic (exact) mass is 227 g/mol. The summed E-state index contributed by atoms with van der Waals surface area (Å²) in [5.74, 6) is 0.789. The Labute approximate surface area is 96.1 Å². The Hall–Kier alpha value is -0.450. The van der Waals surface area contributed by atoms with E-state index in [0.29, 0.717) is 6.54 Å². The minimum absolute atomic E-state index is 0.553. The first-order chi connectivity index (χ1) is 7.30. The van der Waals surface area contributed by atoms with E-state index in [2.05, 4.69) is 29.5 Å². The summed E-state index contributed by atoms with van der Waals surface area (Å²) in [5.41, 5.74) is 6.63. The summed E-state index contributed by atoms with van der Waals surface area (Å²) in [6, 6.07) is 0. The zero-order valence-corrected chi connectivity index (χ0v) is 10.4. The van der Waals surface area contributed by atoms with Gasteiger partial charge in [0.25, 0.3) is 0 Å². The van der Waals surface area contributed by atoms with E-state index >= 15 is 0 Å². The van der Waals surface area contributed by atoms with Crippen LogP contribution >= 0.6 is 11.3 Å². The smallest absolute Gasteiger partial charge is 0.106 e. The van der Waals surface area contributed by atoms with Crippen LogP contribution in [0.4, 0.5) is 0 Å². The summed E-state index contributed by atoms with van der Waals surface area (Å²) < 4.78 is 0. The summed E-state index contributed by atoms with van der Waals surface area (Å²) in [5, 5.41) is 6.55. The van der Waals surface area contributed by atoms with E-state index in [0.717, 1.165) is 29.7 Å². The average Bonchev–Trinajstić information content (AvgIpc) is 2.72. The molecule has 0 aromatic carbocycles. The molecule has 0 fully saturated rings. The summed E-state index contributed by atoms with van der Waals surface area (Å²) >= 11 is 1.64. The molecule has 0 radical (unpaired) electrons. The Kier molecular flexibility index (Phi) is 5.83. The molecule has 0 saturated heterocycles. The fraction of sp³-hybridized carbons (Fsp3) is 0.727. The van der Waals surface area contributed by atoms with Crippen molar-refractivity contribution in [3.8, 4) is 0 Å². The Bertz CT molecular complexity index is 269. The van der Waals surface area contributed by atoms with E-state index in [9.17, 15) is 0 Å². The van der Waals surface area contributed by atoms with Gasteiger partial charge >= 0.3 is 0 Å². The van der Waals surface area contributed by atoms with Gasteiger partial charge in [-0.15, -0.1) is 11.3 Å². The predicted molar refractivity (Wildman–Crippen MR) is 65.8 cm³/mol. The van der Waals surface area contributed by atoms with Crippen LogP contribution in [0.2, 0.25) is 0 Å². The lowest BCUT2D eigenvalue weighted by Gasteiger charge is -2.12. The third kappa shape index (κ3) is 4.28. The standard InChI is InChI=1S/C11H21N3S/c1-3-9(4-2)6-13-7-10-8-15-11(5-12)14-10/h8-9,13H,3-7,12H2,1-2H3. The Morgan fingerprint density at radius 1 is 1.47 bits per heavy atom. The number of rotatable bonds is 7.